The molecule has 0 saturated carbocycles. The van der Waals surface area contributed by atoms with Crippen molar-refractivity contribution in [2.45, 2.75) is 13.1 Å². The molecule has 0 atom stereocenters. The number of hydrogen-bond donors (Lipinski definition) is 1. The lowest BCUT2D eigenvalue weighted by Crippen LogP contribution is -2.45. The molecular formula is C15H22F3N3. The fourth-order valence-corrected chi connectivity index (χ4v) is 2.47. The Labute approximate surface area is 123 Å². The molecule has 1 aromatic carbocycles. The second-order valence-corrected chi connectivity index (χ2v) is 5.62. The third kappa shape index (κ3) is 4.61. The van der Waals surface area contributed by atoms with Gasteiger partial charge in [-0.15, -0.1) is 0 Å². The zero-order valence-electron chi connectivity index (χ0n) is 12.5. The summed E-state index contributed by atoms with van der Waals surface area (Å²) in [5.41, 5.74) is 0.204. The smallest absolute Gasteiger partial charge is 0.383 e. The fraction of sp³-hybridized carbons (Fsp3) is 0.600. The number of likely N-dealkylation sites (N-methyl/N-ethyl adjacent to an activating group) is 1. The van der Waals surface area contributed by atoms with Crippen LogP contribution in [0.1, 0.15) is 11.1 Å². The Morgan fingerprint density at radius 3 is 2.43 bits per heavy atom. The Bertz CT molecular complexity index is 466. The topological polar surface area (TPSA) is 18.5 Å². The van der Waals surface area contributed by atoms with E-state index in [9.17, 15) is 13.2 Å². The first-order valence-electron chi connectivity index (χ1n) is 7.19. The quantitative estimate of drug-likeness (QED) is 0.922. The van der Waals surface area contributed by atoms with E-state index >= 15 is 0 Å². The molecule has 0 unspecified atom stereocenters. The van der Waals surface area contributed by atoms with E-state index in [0.29, 0.717) is 12.1 Å². The molecule has 6 heteroatoms. The summed E-state index contributed by atoms with van der Waals surface area (Å²) in [7, 11) is 2.08. The summed E-state index contributed by atoms with van der Waals surface area (Å²) in [6.07, 6.45) is -4.32. The molecule has 1 fully saturated rings. The molecule has 1 aliphatic rings. The lowest BCUT2D eigenvalue weighted by Gasteiger charge is -2.32. The minimum Gasteiger partial charge on any atom is -0.383 e. The van der Waals surface area contributed by atoms with Crippen LogP contribution in [0.5, 0.6) is 0 Å². The molecule has 0 bridgehead atoms. The van der Waals surface area contributed by atoms with Gasteiger partial charge in [-0.2, -0.15) is 13.2 Å². The van der Waals surface area contributed by atoms with Crippen LogP contribution in [0.25, 0.3) is 0 Å². The van der Waals surface area contributed by atoms with E-state index in [1.165, 1.54) is 12.1 Å². The number of nitrogens with zero attached hydrogens (tertiary/aromatic N) is 2. The monoisotopic (exact) mass is 301 g/mol. The standard InChI is InChI=1S/C15H22F3N3/c1-12-3-4-14(13(11-12)15(16,17)18)19-5-6-21-9-7-20(2)8-10-21/h3-4,11,19H,5-10H2,1-2H3. The molecule has 0 aliphatic carbocycles. The Morgan fingerprint density at radius 1 is 1.14 bits per heavy atom. The number of alkyl halides is 3. The van der Waals surface area contributed by atoms with Gasteiger partial charge in [0.15, 0.2) is 0 Å². The van der Waals surface area contributed by atoms with Crippen LogP contribution in [0.3, 0.4) is 0 Å². The number of rotatable bonds is 4. The molecule has 1 aliphatic heterocycles. The van der Waals surface area contributed by atoms with E-state index in [0.717, 1.165) is 32.7 Å². The third-order valence-corrected chi connectivity index (χ3v) is 3.82. The predicted molar refractivity (Wildman–Crippen MR) is 78.6 cm³/mol. The van der Waals surface area contributed by atoms with Crippen molar-refractivity contribution in [3.8, 4) is 0 Å². The van der Waals surface area contributed by atoms with Gasteiger partial charge in [0.25, 0.3) is 0 Å². The summed E-state index contributed by atoms with van der Waals surface area (Å²) in [5.74, 6) is 0. The van der Waals surface area contributed by atoms with Crippen molar-refractivity contribution >= 4 is 5.69 Å². The second-order valence-electron chi connectivity index (χ2n) is 5.62. The van der Waals surface area contributed by atoms with Crippen LogP contribution >= 0.6 is 0 Å². The molecule has 3 nitrogen and oxygen atoms in total. The van der Waals surface area contributed by atoms with Gasteiger partial charge in [-0.3, -0.25) is 4.90 Å². The van der Waals surface area contributed by atoms with E-state index in [4.69, 9.17) is 0 Å². The van der Waals surface area contributed by atoms with Gasteiger partial charge in [-0.05, 0) is 26.1 Å². The molecular weight excluding hydrogens is 279 g/mol. The zero-order valence-corrected chi connectivity index (χ0v) is 12.5. The Balaban J connectivity index is 1.91. The number of nitrogens with one attached hydrogen (secondary N) is 1. The third-order valence-electron chi connectivity index (χ3n) is 3.82. The van der Waals surface area contributed by atoms with E-state index in [1.54, 1.807) is 13.0 Å². The zero-order chi connectivity index (χ0) is 15.5. The average Bonchev–Trinajstić information content (AvgIpc) is 2.41. The average molecular weight is 301 g/mol. The van der Waals surface area contributed by atoms with Crippen molar-refractivity contribution in [2.75, 3.05) is 51.6 Å². The van der Waals surface area contributed by atoms with E-state index < -0.39 is 11.7 Å². The van der Waals surface area contributed by atoms with Crippen LogP contribution in [0.15, 0.2) is 18.2 Å². The van der Waals surface area contributed by atoms with Crippen LogP contribution in [0, 0.1) is 6.92 Å². The van der Waals surface area contributed by atoms with Gasteiger partial charge in [0, 0.05) is 45.0 Å². The van der Waals surface area contributed by atoms with E-state index in [2.05, 4.69) is 22.2 Å². The predicted octanol–water partition coefficient (Wildman–Crippen LogP) is 2.67. The first-order chi connectivity index (χ1) is 9.86. The summed E-state index contributed by atoms with van der Waals surface area (Å²) in [5, 5.41) is 2.93. The summed E-state index contributed by atoms with van der Waals surface area (Å²) >= 11 is 0. The minimum absolute atomic E-state index is 0.169. The molecule has 21 heavy (non-hydrogen) atoms. The molecule has 1 heterocycles. The van der Waals surface area contributed by atoms with Gasteiger partial charge in [0.05, 0.1) is 5.56 Å². The van der Waals surface area contributed by atoms with Gasteiger partial charge < -0.3 is 10.2 Å². The van der Waals surface area contributed by atoms with E-state index in [-0.39, 0.29) is 5.69 Å². The van der Waals surface area contributed by atoms with Crippen LogP contribution in [0.4, 0.5) is 18.9 Å². The number of anilines is 1. The Hall–Kier alpha value is -1.27. The van der Waals surface area contributed by atoms with Crippen LogP contribution < -0.4 is 5.32 Å². The number of aryl methyl sites for hydroxylation is 1. The molecule has 0 aromatic heterocycles. The van der Waals surface area contributed by atoms with E-state index in [1.807, 2.05) is 0 Å². The summed E-state index contributed by atoms with van der Waals surface area (Å²) in [6.45, 7) is 6.92. The Morgan fingerprint density at radius 2 is 1.81 bits per heavy atom. The Kier molecular flexibility index (Phi) is 5.11. The number of piperazine rings is 1. The number of benzene rings is 1. The van der Waals surface area contributed by atoms with Gasteiger partial charge in [0.2, 0.25) is 0 Å². The molecule has 0 radical (unpaired) electrons. The highest BCUT2D eigenvalue weighted by Crippen LogP contribution is 2.35. The van der Waals surface area contributed by atoms with Gasteiger partial charge in [-0.1, -0.05) is 11.6 Å². The van der Waals surface area contributed by atoms with Gasteiger partial charge in [-0.25, -0.2) is 0 Å². The maximum atomic E-state index is 13.0. The minimum atomic E-state index is -4.32. The lowest BCUT2D eigenvalue weighted by molar-refractivity contribution is -0.137. The maximum Gasteiger partial charge on any atom is 0.418 e. The molecule has 118 valence electrons. The first kappa shape index (κ1) is 16.1. The maximum absolute atomic E-state index is 13.0. The molecule has 2 rings (SSSR count). The van der Waals surface area contributed by atoms with Crippen molar-refractivity contribution in [3.05, 3.63) is 29.3 Å². The van der Waals surface area contributed by atoms with Crippen LogP contribution in [-0.4, -0.2) is 56.1 Å². The SMILES string of the molecule is Cc1ccc(NCCN2CCN(C)CC2)c(C(F)(F)F)c1. The largest absolute Gasteiger partial charge is 0.418 e. The molecule has 1 saturated heterocycles. The summed E-state index contributed by atoms with van der Waals surface area (Å²) in [4.78, 5) is 4.53. The van der Waals surface area contributed by atoms with Crippen molar-refractivity contribution in [3.63, 3.8) is 0 Å². The van der Waals surface area contributed by atoms with Crippen LogP contribution in [-0.2, 0) is 6.18 Å². The highest BCUT2D eigenvalue weighted by molar-refractivity contribution is 5.54. The van der Waals surface area contributed by atoms with Crippen molar-refractivity contribution in [1.29, 1.82) is 0 Å². The highest BCUT2D eigenvalue weighted by Gasteiger charge is 2.33. The van der Waals surface area contributed by atoms with Crippen molar-refractivity contribution in [1.82, 2.24) is 9.80 Å². The number of hydrogen-bond acceptors (Lipinski definition) is 3. The van der Waals surface area contributed by atoms with Gasteiger partial charge >= 0.3 is 6.18 Å². The van der Waals surface area contributed by atoms with Crippen molar-refractivity contribution in [2.24, 2.45) is 0 Å². The highest BCUT2D eigenvalue weighted by atomic mass is 19.4. The van der Waals surface area contributed by atoms with Crippen LogP contribution in [0.2, 0.25) is 0 Å². The normalized spacial score (nSPS) is 18.0. The molecule has 1 N–H and O–H groups in total. The molecule has 0 spiro atoms. The summed E-state index contributed by atoms with van der Waals surface area (Å²) in [6, 6.07) is 4.41. The van der Waals surface area contributed by atoms with Crippen molar-refractivity contribution < 1.29 is 13.2 Å². The molecule has 1 aromatic rings. The second kappa shape index (κ2) is 6.66. The number of halogens is 3. The first-order valence-corrected chi connectivity index (χ1v) is 7.19. The lowest BCUT2D eigenvalue weighted by atomic mass is 10.1. The summed E-state index contributed by atoms with van der Waals surface area (Å²) < 4.78 is 39.0. The fourth-order valence-electron chi connectivity index (χ4n) is 2.47. The van der Waals surface area contributed by atoms with Gasteiger partial charge in [0.1, 0.15) is 0 Å². The molecule has 0 amide bonds.